The summed E-state index contributed by atoms with van der Waals surface area (Å²) in [6.45, 7) is 0.257. The lowest BCUT2D eigenvalue weighted by Gasteiger charge is -2.07. The lowest BCUT2D eigenvalue weighted by molar-refractivity contribution is -0.384. The van der Waals surface area contributed by atoms with Crippen molar-refractivity contribution in [3.05, 3.63) is 56.6 Å². The molecule has 2 rings (SSSR count). The Kier molecular flexibility index (Phi) is 4.00. The number of nitro benzene ring substituents is 1. The van der Waals surface area contributed by atoms with Crippen LogP contribution in [0, 0.1) is 15.9 Å². The topological polar surface area (TPSA) is 81.0 Å². The third-order valence-corrected chi connectivity index (χ3v) is 2.93. The molecule has 98 valence electrons. The summed E-state index contributed by atoms with van der Waals surface area (Å²) in [5.74, 6) is -0.684. The first-order valence-corrected chi connectivity index (χ1v) is 6.01. The summed E-state index contributed by atoms with van der Waals surface area (Å²) < 4.78 is 13.4. The Morgan fingerprint density at radius 3 is 2.89 bits per heavy atom. The molecule has 1 aromatic carbocycles. The molecular weight excluding hydrogens is 319 g/mol. The van der Waals surface area contributed by atoms with E-state index in [0.717, 1.165) is 6.07 Å². The second-order valence-corrected chi connectivity index (χ2v) is 4.46. The molecule has 0 fully saturated rings. The van der Waals surface area contributed by atoms with Gasteiger partial charge in [-0.15, -0.1) is 0 Å². The highest BCUT2D eigenvalue weighted by Crippen LogP contribution is 2.30. The highest BCUT2D eigenvalue weighted by Gasteiger charge is 2.17. The van der Waals surface area contributed by atoms with Crippen molar-refractivity contribution in [1.82, 2.24) is 10.2 Å². The minimum atomic E-state index is -0.684. The van der Waals surface area contributed by atoms with Crippen LogP contribution in [-0.4, -0.2) is 15.1 Å². The molecule has 6 nitrogen and oxygen atoms in total. The molecule has 0 saturated heterocycles. The number of hydrogen-bond donors (Lipinski definition) is 1. The average molecular weight is 327 g/mol. The molecule has 0 aliphatic rings. The molecule has 0 atom stereocenters. The van der Waals surface area contributed by atoms with Gasteiger partial charge in [-0.2, -0.15) is 10.2 Å². The summed E-state index contributed by atoms with van der Waals surface area (Å²) >= 11 is 2.99. The van der Waals surface area contributed by atoms with Crippen LogP contribution in [0.1, 0.15) is 5.69 Å². The summed E-state index contributed by atoms with van der Waals surface area (Å²) in [7, 11) is 0. The standard InChI is InChI=1S/C11H8BrFN4O2/c12-8-4-10(11(17(18)19)5-9(8)13)14-6-7-2-1-3-15-16-7/h1-5,14H,6H2. The molecule has 1 heterocycles. The Morgan fingerprint density at radius 2 is 2.26 bits per heavy atom. The first kappa shape index (κ1) is 13.3. The lowest BCUT2D eigenvalue weighted by Crippen LogP contribution is -2.05. The van der Waals surface area contributed by atoms with Gasteiger partial charge in [0, 0.05) is 6.20 Å². The zero-order valence-electron chi connectivity index (χ0n) is 9.51. The maximum atomic E-state index is 13.3. The van der Waals surface area contributed by atoms with Crippen molar-refractivity contribution in [2.45, 2.75) is 6.54 Å². The van der Waals surface area contributed by atoms with Gasteiger partial charge in [-0.25, -0.2) is 4.39 Å². The number of benzene rings is 1. The molecule has 0 spiro atoms. The Morgan fingerprint density at radius 1 is 1.47 bits per heavy atom. The highest BCUT2D eigenvalue weighted by molar-refractivity contribution is 9.10. The first-order valence-electron chi connectivity index (χ1n) is 5.22. The van der Waals surface area contributed by atoms with Crippen LogP contribution in [0.25, 0.3) is 0 Å². The number of halogens is 2. The van der Waals surface area contributed by atoms with E-state index in [-0.39, 0.29) is 22.4 Å². The molecule has 0 saturated carbocycles. The Hall–Kier alpha value is -2.09. The summed E-state index contributed by atoms with van der Waals surface area (Å²) in [6.07, 6.45) is 1.53. The third kappa shape index (κ3) is 3.22. The van der Waals surface area contributed by atoms with E-state index in [1.165, 1.54) is 12.3 Å². The van der Waals surface area contributed by atoms with Crippen LogP contribution in [-0.2, 0) is 6.54 Å². The van der Waals surface area contributed by atoms with Gasteiger partial charge in [0.05, 0.1) is 27.7 Å². The molecule has 0 amide bonds. The smallest absolute Gasteiger partial charge is 0.295 e. The fourth-order valence-electron chi connectivity index (χ4n) is 1.44. The average Bonchev–Trinajstić information content (AvgIpc) is 2.40. The second-order valence-electron chi connectivity index (χ2n) is 3.61. The number of nitro groups is 1. The molecule has 0 aliphatic carbocycles. The second kappa shape index (κ2) is 5.70. The number of hydrogen-bond acceptors (Lipinski definition) is 5. The van der Waals surface area contributed by atoms with Crippen LogP contribution >= 0.6 is 15.9 Å². The van der Waals surface area contributed by atoms with Crippen molar-refractivity contribution in [2.75, 3.05) is 5.32 Å². The van der Waals surface area contributed by atoms with Crippen LogP contribution in [0.15, 0.2) is 34.9 Å². The zero-order valence-corrected chi connectivity index (χ0v) is 11.1. The van der Waals surface area contributed by atoms with Gasteiger partial charge in [-0.05, 0) is 34.1 Å². The number of nitrogens with one attached hydrogen (secondary N) is 1. The van der Waals surface area contributed by atoms with E-state index in [1.807, 2.05) is 0 Å². The van der Waals surface area contributed by atoms with Gasteiger partial charge in [0.15, 0.2) is 0 Å². The van der Waals surface area contributed by atoms with Crippen LogP contribution in [0.4, 0.5) is 15.8 Å². The van der Waals surface area contributed by atoms with Crippen LogP contribution < -0.4 is 5.32 Å². The lowest BCUT2D eigenvalue weighted by atomic mass is 10.2. The quantitative estimate of drug-likeness (QED) is 0.690. The Balaban J connectivity index is 2.24. The fraction of sp³-hybridized carbons (Fsp3) is 0.0909. The van der Waals surface area contributed by atoms with E-state index >= 15 is 0 Å². The molecule has 0 unspecified atom stereocenters. The minimum absolute atomic E-state index is 0.153. The molecule has 2 aromatic rings. The van der Waals surface area contributed by atoms with Gasteiger partial charge >= 0.3 is 0 Å². The molecule has 8 heteroatoms. The predicted octanol–water partition coefficient (Wildman–Crippen LogP) is 2.90. The van der Waals surface area contributed by atoms with Crippen molar-refractivity contribution in [2.24, 2.45) is 0 Å². The van der Waals surface area contributed by atoms with Crippen molar-refractivity contribution >= 4 is 27.3 Å². The maximum absolute atomic E-state index is 13.3. The molecule has 0 radical (unpaired) electrons. The number of rotatable bonds is 4. The van der Waals surface area contributed by atoms with E-state index in [9.17, 15) is 14.5 Å². The Bertz CT molecular complexity index is 609. The SMILES string of the molecule is O=[N+]([O-])c1cc(F)c(Br)cc1NCc1cccnn1. The van der Waals surface area contributed by atoms with Crippen LogP contribution in [0.5, 0.6) is 0 Å². The van der Waals surface area contributed by atoms with Crippen molar-refractivity contribution < 1.29 is 9.31 Å². The summed E-state index contributed by atoms with van der Waals surface area (Å²) in [5.41, 5.74) is 0.505. The van der Waals surface area contributed by atoms with Crippen molar-refractivity contribution in [3.8, 4) is 0 Å². The Labute approximate surface area is 115 Å². The summed E-state index contributed by atoms with van der Waals surface area (Å²) in [4.78, 5) is 10.2. The monoisotopic (exact) mass is 326 g/mol. The maximum Gasteiger partial charge on any atom is 0.295 e. The fourth-order valence-corrected chi connectivity index (χ4v) is 1.79. The van der Waals surface area contributed by atoms with Gasteiger partial charge in [-0.1, -0.05) is 0 Å². The summed E-state index contributed by atoms with van der Waals surface area (Å²) in [6, 6.07) is 5.62. The minimum Gasteiger partial charge on any atom is -0.374 e. The van der Waals surface area contributed by atoms with E-state index < -0.39 is 10.7 Å². The molecular formula is C11H8BrFN4O2. The van der Waals surface area contributed by atoms with Crippen molar-refractivity contribution in [3.63, 3.8) is 0 Å². The predicted molar refractivity (Wildman–Crippen MR) is 70.1 cm³/mol. The van der Waals surface area contributed by atoms with E-state index in [2.05, 4.69) is 31.4 Å². The zero-order chi connectivity index (χ0) is 13.8. The molecule has 1 N–H and O–H groups in total. The van der Waals surface area contributed by atoms with Crippen molar-refractivity contribution in [1.29, 1.82) is 0 Å². The van der Waals surface area contributed by atoms with Crippen LogP contribution in [0.3, 0.4) is 0 Å². The van der Waals surface area contributed by atoms with Gasteiger partial charge < -0.3 is 5.32 Å². The summed E-state index contributed by atoms with van der Waals surface area (Å²) in [5, 5.41) is 21.2. The third-order valence-electron chi connectivity index (χ3n) is 2.32. The largest absolute Gasteiger partial charge is 0.374 e. The molecule has 19 heavy (non-hydrogen) atoms. The number of nitrogens with zero attached hydrogens (tertiary/aromatic N) is 3. The van der Waals surface area contributed by atoms with Gasteiger partial charge in [-0.3, -0.25) is 10.1 Å². The molecule has 0 bridgehead atoms. The number of anilines is 1. The molecule has 0 aliphatic heterocycles. The highest BCUT2D eigenvalue weighted by atomic mass is 79.9. The van der Waals surface area contributed by atoms with E-state index in [1.54, 1.807) is 12.1 Å². The molecule has 1 aromatic heterocycles. The van der Waals surface area contributed by atoms with Gasteiger partial charge in [0.2, 0.25) is 0 Å². The van der Waals surface area contributed by atoms with Gasteiger partial charge in [0.1, 0.15) is 11.5 Å². The first-order chi connectivity index (χ1) is 9.08. The number of aromatic nitrogens is 2. The van der Waals surface area contributed by atoms with Gasteiger partial charge in [0.25, 0.3) is 5.69 Å². The normalized spacial score (nSPS) is 10.2. The van der Waals surface area contributed by atoms with E-state index in [0.29, 0.717) is 5.69 Å². The van der Waals surface area contributed by atoms with E-state index in [4.69, 9.17) is 0 Å². The van der Waals surface area contributed by atoms with Crippen LogP contribution in [0.2, 0.25) is 0 Å².